The summed E-state index contributed by atoms with van der Waals surface area (Å²) in [6.07, 6.45) is 2.57. The summed E-state index contributed by atoms with van der Waals surface area (Å²) < 4.78 is 12.2. The van der Waals surface area contributed by atoms with Crippen LogP contribution >= 0.6 is 24.0 Å². The van der Waals surface area contributed by atoms with E-state index in [1.54, 1.807) is 6.26 Å². The average Bonchev–Trinajstić information content (AvgIpc) is 2.25. The molecular formula is C12H17NOS3. The number of nitrogens with two attached hydrogens (primary N) is 1. The molecule has 0 aromatic heterocycles. The van der Waals surface area contributed by atoms with Crippen molar-refractivity contribution in [2.75, 3.05) is 12.0 Å². The first-order valence-electron chi connectivity index (χ1n) is 5.31. The third-order valence-corrected chi connectivity index (χ3v) is 4.86. The zero-order valence-electron chi connectivity index (χ0n) is 10.0. The molecule has 2 unspecified atom stereocenters. The van der Waals surface area contributed by atoms with Crippen LogP contribution in [0.3, 0.4) is 0 Å². The van der Waals surface area contributed by atoms with Gasteiger partial charge in [-0.1, -0.05) is 53.8 Å². The van der Waals surface area contributed by atoms with E-state index in [4.69, 9.17) is 18.0 Å². The molecule has 0 aliphatic rings. The molecule has 0 bridgehead atoms. The Morgan fingerprint density at radius 3 is 2.53 bits per heavy atom. The fourth-order valence-electron chi connectivity index (χ4n) is 1.57. The second-order valence-electron chi connectivity index (χ2n) is 3.85. The van der Waals surface area contributed by atoms with E-state index in [1.807, 2.05) is 19.1 Å². The van der Waals surface area contributed by atoms with Crippen molar-refractivity contribution in [3.05, 3.63) is 35.4 Å². The van der Waals surface area contributed by atoms with Gasteiger partial charge in [-0.3, -0.25) is 0 Å². The first-order chi connectivity index (χ1) is 8.00. The van der Waals surface area contributed by atoms with Crippen molar-refractivity contribution >= 4 is 39.5 Å². The molecule has 94 valence electrons. The van der Waals surface area contributed by atoms with Gasteiger partial charge >= 0.3 is 0 Å². The van der Waals surface area contributed by atoms with Crippen LogP contribution < -0.4 is 5.73 Å². The van der Waals surface area contributed by atoms with Crippen molar-refractivity contribution in [1.29, 1.82) is 0 Å². The van der Waals surface area contributed by atoms with Crippen LogP contribution in [0.15, 0.2) is 24.3 Å². The van der Waals surface area contributed by atoms with Crippen molar-refractivity contribution in [3.8, 4) is 0 Å². The monoisotopic (exact) mass is 287 g/mol. The summed E-state index contributed by atoms with van der Waals surface area (Å²) in [7, 11) is 0. The summed E-state index contributed by atoms with van der Waals surface area (Å²) in [4.78, 5) is 0. The van der Waals surface area contributed by atoms with Crippen LogP contribution in [-0.4, -0.2) is 20.9 Å². The number of benzene rings is 1. The maximum Gasteiger partial charge on any atom is 0.141 e. The number of hydrogen-bond acceptors (Lipinski definition) is 3. The lowest BCUT2D eigenvalue weighted by molar-refractivity contribution is 0.585. The fourth-order valence-corrected chi connectivity index (χ4v) is 3.52. The van der Waals surface area contributed by atoms with Crippen molar-refractivity contribution in [1.82, 2.24) is 0 Å². The molecule has 2 nitrogen and oxygen atoms in total. The van der Waals surface area contributed by atoms with E-state index in [0.717, 1.165) is 17.7 Å². The van der Waals surface area contributed by atoms with Crippen LogP contribution in [0.2, 0.25) is 0 Å². The zero-order chi connectivity index (χ0) is 12.8. The highest BCUT2D eigenvalue weighted by atomic mass is 32.2. The third kappa shape index (κ3) is 5.29. The normalized spacial score (nSPS) is 14.3. The van der Waals surface area contributed by atoms with Crippen LogP contribution in [0.1, 0.15) is 22.8 Å². The topological polar surface area (TPSA) is 49.1 Å². The molecule has 0 heterocycles. The largest absolute Gasteiger partial charge is 0.616 e. The van der Waals surface area contributed by atoms with Crippen molar-refractivity contribution in [3.63, 3.8) is 0 Å². The Kier molecular flexibility index (Phi) is 6.33. The molecule has 0 aliphatic heterocycles. The second-order valence-corrected chi connectivity index (χ2v) is 7.26. The summed E-state index contributed by atoms with van der Waals surface area (Å²) in [5.74, 6) is 0.813. The SMILES string of the molecule is Cc1ccc(C(CCSC(N)=S)[S+](C)[O-])cc1. The Labute approximate surface area is 116 Å². The molecule has 2 atom stereocenters. The third-order valence-electron chi connectivity index (χ3n) is 2.47. The molecule has 0 amide bonds. The molecule has 0 saturated carbocycles. The van der Waals surface area contributed by atoms with Gasteiger partial charge in [0.15, 0.2) is 0 Å². The summed E-state index contributed by atoms with van der Waals surface area (Å²) in [6, 6.07) is 8.20. The van der Waals surface area contributed by atoms with E-state index in [2.05, 4.69) is 12.1 Å². The van der Waals surface area contributed by atoms with E-state index >= 15 is 0 Å². The minimum Gasteiger partial charge on any atom is -0.616 e. The predicted octanol–water partition coefficient (Wildman–Crippen LogP) is 2.78. The second kappa shape index (κ2) is 7.26. The molecule has 1 rings (SSSR count). The summed E-state index contributed by atoms with van der Waals surface area (Å²) in [5.41, 5.74) is 7.77. The van der Waals surface area contributed by atoms with E-state index in [-0.39, 0.29) is 5.25 Å². The fraction of sp³-hybridized carbons (Fsp3) is 0.417. The molecule has 5 heteroatoms. The van der Waals surface area contributed by atoms with Gasteiger partial charge in [-0.05, 0) is 18.1 Å². The lowest BCUT2D eigenvalue weighted by Crippen LogP contribution is -2.13. The van der Waals surface area contributed by atoms with E-state index in [9.17, 15) is 4.55 Å². The Hall–Kier alpha value is -0.230. The maximum atomic E-state index is 11.7. The van der Waals surface area contributed by atoms with Gasteiger partial charge in [0.05, 0.1) is 6.26 Å². The molecule has 0 spiro atoms. The predicted molar refractivity (Wildman–Crippen MR) is 81.8 cm³/mol. The Balaban J connectivity index is 2.65. The van der Waals surface area contributed by atoms with Crippen LogP contribution in [0, 0.1) is 6.92 Å². The van der Waals surface area contributed by atoms with Gasteiger partial charge in [0, 0.05) is 17.7 Å². The number of aryl methyl sites for hydroxylation is 1. The van der Waals surface area contributed by atoms with Crippen LogP contribution in [0.25, 0.3) is 0 Å². The van der Waals surface area contributed by atoms with Gasteiger partial charge in [-0.2, -0.15) is 0 Å². The quantitative estimate of drug-likeness (QED) is 0.668. The van der Waals surface area contributed by atoms with Crippen molar-refractivity contribution in [2.24, 2.45) is 5.73 Å². The zero-order valence-corrected chi connectivity index (χ0v) is 12.5. The summed E-state index contributed by atoms with van der Waals surface area (Å²) in [6.45, 7) is 2.05. The Bertz CT molecular complexity index is 365. The lowest BCUT2D eigenvalue weighted by atomic mass is 10.1. The van der Waals surface area contributed by atoms with Gasteiger partial charge in [0.2, 0.25) is 0 Å². The van der Waals surface area contributed by atoms with Gasteiger partial charge in [-0.25, -0.2) is 0 Å². The van der Waals surface area contributed by atoms with E-state index in [0.29, 0.717) is 4.32 Å². The van der Waals surface area contributed by atoms with Gasteiger partial charge in [0.25, 0.3) is 0 Å². The first kappa shape index (κ1) is 14.8. The van der Waals surface area contributed by atoms with Gasteiger partial charge in [0.1, 0.15) is 9.57 Å². The molecule has 1 aromatic carbocycles. The van der Waals surface area contributed by atoms with Crippen molar-refractivity contribution in [2.45, 2.75) is 18.6 Å². The highest BCUT2D eigenvalue weighted by molar-refractivity contribution is 8.22. The minimum atomic E-state index is -0.873. The lowest BCUT2D eigenvalue weighted by Gasteiger charge is -2.18. The number of hydrogen-bond donors (Lipinski definition) is 1. The molecule has 1 aromatic rings. The van der Waals surface area contributed by atoms with Gasteiger partial charge in [-0.15, -0.1) is 0 Å². The number of rotatable bonds is 5. The first-order valence-corrected chi connectivity index (χ1v) is 8.33. The minimum absolute atomic E-state index is 0.0671. The summed E-state index contributed by atoms with van der Waals surface area (Å²) in [5, 5.41) is 0.0671. The van der Waals surface area contributed by atoms with E-state index < -0.39 is 11.2 Å². The summed E-state index contributed by atoms with van der Waals surface area (Å²) >= 11 is 5.39. The Morgan fingerprint density at radius 2 is 2.06 bits per heavy atom. The smallest absolute Gasteiger partial charge is 0.141 e. The molecule has 0 saturated heterocycles. The molecule has 2 N–H and O–H groups in total. The Morgan fingerprint density at radius 1 is 1.47 bits per heavy atom. The molecule has 17 heavy (non-hydrogen) atoms. The molecule has 0 radical (unpaired) electrons. The highest BCUT2D eigenvalue weighted by Crippen LogP contribution is 2.27. The highest BCUT2D eigenvalue weighted by Gasteiger charge is 2.20. The molecule has 0 aliphatic carbocycles. The van der Waals surface area contributed by atoms with Crippen LogP contribution in [0.4, 0.5) is 0 Å². The van der Waals surface area contributed by atoms with Gasteiger partial charge < -0.3 is 10.3 Å². The van der Waals surface area contributed by atoms with Crippen molar-refractivity contribution < 1.29 is 4.55 Å². The number of thiocarbonyl (C=S) groups is 1. The van der Waals surface area contributed by atoms with E-state index in [1.165, 1.54) is 17.3 Å². The average molecular weight is 287 g/mol. The number of thioether (sulfide) groups is 1. The molecule has 0 fully saturated rings. The molecular weight excluding hydrogens is 270 g/mol. The standard InChI is InChI=1S/C12H17NOS3/c1-9-3-5-10(6-4-9)11(17(2)14)7-8-16-12(13)15/h3-6,11H,7-8H2,1-2H3,(H2,13,15). The maximum absolute atomic E-state index is 11.7. The van der Waals surface area contributed by atoms with Crippen LogP contribution in [0.5, 0.6) is 0 Å². The van der Waals surface area contributed by atoms with Crippen LogP contribution in [-0.2, 0) is 11.2 Å².